The number of benzene rings is 1. The summed E-state index contributed by atoms with van der Waals surface area (Å²) in [6.07, 6.45) is 0. The highest BCUT2D eigenvalue weighted by Crippen LogP contribution is 2.18. The van der Waals surface area contributed by atoms with E-state index >= 15 is 0 Å². The average Bonchev–Trinajstić information content (AvgIpc) is 2.94. The van der Waals surface area contributed by atoms with Gasteiger partial charge in [-0.05, 0) is 39.0 Å². The largest absolute Gasteiger partial charge is 0.321 e. The highest BCUT2D eigenvalue weighted by atomic mass is 19.1. The van der Waals surface area contributed by atoms with Crippen LogP contribution >= 0.6 is 0 Å². The van der Waals surface area contributed by atoms with Crippen molar-refractivity contribution in [2.24, 2.45) is 7.05 Å². The predicted octanol–water partition coefficient (Wildman–Crippen LogP) is -1.07. The maximum Gasteiger partial charge on any atom is 0.282 e. The van der Waals surface area contributed by atoms with Crippen molar-refractivity contribution in [2.45, 2.75) is 26.8 Å². The molecule has 2 amide bonds. The summed E-state index contributed by atoms with van der Waals surface area (Å²) < 4.78 is 15.0. The molecule has 2 heterocycles. The van der Waals surface area contributed by atoms with Crippen LogP contribution in [0.15, 0.2) is 24.3 Å². The second kappa shape index (κ2) is 9.36. The Bertz CT molecular complexity index is 920. The van der Waals surface area contributed by atoms with E-state index in [0.717, 1.165) is 43.3 Å². The van der Waals surface area contributed by atoms with Gasteiger partial charge < -0.3 is 20.4 Å². The van der Waals surface area contributed by atoms with Crippen LogP contribution < -0.4 is 20.4 Å². The normalized spacial score (nSPS) is 19.9. The molecule has 0 radical (unpaired) electrons. The highest BCUT2D eigenvalue weighted by Gasteiger charge is 2.32. The molecule has 162 valence electrons. The number of hydrogen-bond donors (Lipinski definition) is 4. The number of carbonyl (C=O) groups is 2. The minimum Gasteiger partial charge on any atom is -0.321 e. The van der Waals surface area contributed by atoms with Gasteiger partial charge in [0, 0.05) is 12.7 Å². The second-order valence-corrected chi connectivity index (χ2v) is 8.02. The van der Waals surface area contributed by atoms with Crippen LogP contribution in [0.25, 0.3) is 0 Å². The molecule has 30 heavy (non-hydrogen) atoms. The summed E-state index contributed by atoms with van der Waals surface area (Å²) in [5.41, 5.74) is 2.99. The Hall–Kier alpha value is -2.78. The van der Waals surface area contributed by atoms with Crippen LogP contribution in [-0.4, -0.2) is 60.4 Å². The number of aromatic nitrogens is 2. The summed E-state index contributed by atoms with van der Waals surface area (Å²) in [7, 11) is 1.86. The van der Waals surface area contributed by atoms with Gasteiger partial charge in [0.2, 0.25) is 0 Å². The van der Waals surface area contributed by atoms with Gasteiger partial charge >= 0.3 is 0 Å². The molecule has 0 aliphatic carbocycles. The molecule has 1 aromatic heterocycles. The van der Waals surface area contributed by atoms with Crippen LogP contribution in [-0.2, 0) is 16.6 Å². The lowest BCUT2D eigenvalue weighted by atomic mass is 10.2. The molecule has 0 spiro atoms. The summed E-state index contributed by atoms with van der Waals surface area (Å²) in [6.45, 7) is 9.31. The first-order chi connectivity index (χ1) is 14.2. The number of halogens is 1. The molecular formula is C21H31FN6O2+2. The molecule has 8 nitrogen and oxygen atoms in total. The molecule has 1 atom stereocenters. The number of hydrogen-bond acceptors (Lipinski definition) is 3. The third-order valence-corrected chi connectivity index (χ3v) is 5.88. The van der Waals surface area contributed by atoms with Crippen molar-refractivity contribution in [3.05, 3.63) is 41.5 Å². The first-order valence-corrected chi connectivity index (χ1v) is 10.3. The minimum atomic E-state index is -0.374. The first kappa shape index (κ1) is 21.9. The van der Waals surface area contributed by atoms with Gasteiger partial charge in [0.15, 0.2) is 12.6 Å². The van der Waals surface area contributed by atoms with E-state index in [-0.39, 0.29) is 23.7 Å². The van der Waals surface area contributed by atoms with Crippen molar-refractivity contribution in [3.8, 4) is 0 Å². The van der Waals surface area contributed by atoms with Crippen LogP contribution in [0.5, 0.6) is 0 Å². The van der Waals surface area contributed by atoms with E-state index in [1.54, 1.807) is 16.8 Å². The molecule has 1 aromatic carbocycles. The fraction of sp³-hybridized carbons (Fsp3) is 0.476. The van der Waals surface area contributed by atoms with Crippen LogP contribution in [0.2, 0.25) is 0 Å². The average molecular weight is 419 g/mol. The topological polar surface area (TPSA) is 84.9 Å². The number of anilines is 2. The quantitative estimate of drug-likeness (QED) is 0.482. The number of quaternary nitrogens is 2. The molecule has 0 saturated carbocycles. The Morgan fingerprint density at radius 2 is 1.90 bits per heavy atom. The van der Waals surface area contributed by atoms with E-state index in [4.69, 9.17) is 0 Å². The van der Waals surface area contributed by atoms with E-state index < -0.39 is 0 Å². The smallest absolute Gasteiger partial charge is 0.282 e. The lowest BCUT2D eigenvalue weighted by Crippen LogP contribution is -3.30. The zero-order chi connectivity index (χ0) is 21.8. The number of piperazine rings is 1. The van der Waals surface area contributed by atoms with E-state index in [1.165, 1.54) is 21.9 Å². The monoisotopic (exact) mass is 418 g/mol. The summed E-state index contributed by atoms with van der Waals surface area (Å²) in [5.74, 6) is -0.523. The van der Waals surface area contributed by atoms with Crippen molar-refractivity contribution in [3.63, 3.8) is 0 Å². The lowest BCUT2D eigenvalue weighted by molar-refractivity contribution is -1.01. The van der Waals surface area contributed by atoms with Gasteiger partial charge in [-0.15, -0.1) is 0 Å². The molecule has 9 heteroatoms. The van der Waals surface area contributed by atoms with Gasteiger partial charge in [0.05, 0.1) is 17.1 Å². The van der Waals surface area contributed by atoms with Crippen molar-refractivity contribution in [2.75, 3.05) is 43.4 Å². The van der Waals surface area contributed by atoms with Crippen LogP contribution in [0.1, 0.15) is 18.3 Å². The number of amides is 2. The molecular weight excluding hydrogens is 387 g/mol. The van der Waals surface area contributed by atoms with Crippen LogP contribution in [0, 0.1) is 19.7 Å². The first-order valence-electron chi connectivity index (χ1n) is 10.3. The van der Waals surface area contributed by atoms with Crippen LogP contribution in [0.3, 0.4) is 0 Å². The molecule has 0 bridgehead atoms. The van der Waals surface area contributed by atoms with Gasteiger partial charge in [0.1, 0.15) is 32.0 Å². The summed E-state index contributed by atoms with van der Waals surface area (Å²) >= 11 is 0. The van der Waals surface area contributed by atoms with Crippen LogP contribution in [0.4, 0.5) is 15.8 Å². The third-order valence-electron chi connectivity index (χ3n) is 5.88. The standard InChI is InChI=1S/C21H29FN6O2/c1-14-20(15(2)26(4)25-14)24-21(30)16(3)28-10-8-27(9-11-28)13-19(29)23-18-7-5-6-17(22)12-18/h5-7,12,16H,8-11,13H2,1-4H3,(H,23,29)(H,24,30)/p+2/t16-/m0/s1. The number of nitrogens with one attached hydrogen (secondary N) is 4. The summed E-state index contributed by atoms with van der Waals surface area (Å²) in [6, 6.07) is 5.70. The highest BCUT2D eigenvalue weighted by molar-refractivity contribution is 5.94. The van der Waals surface area contributed by atoms with Crippen molar-refractivity contribution >= 4 is 23.2 Å². The Balaban J connectivity index is 1.47. The Morgan fingerprint density at radius 1 is 1.20 bits per heavy atom. The second-order valence-electron chi connectivity index (χ2n) is 8.02. The molecule has 1 fully saturated rings. The molecule has 1 saturated heterocycles. The Labute approximate surface area is 176 Å². The fourth-order valence-corrected chi connectivity index (χ4v) is 3.90. The van der Waals surface area contributed by atoms with E-state index in [1.807, 2.05) is 27.8 Å². The van der Waals surface area contributed by atoms with Crippen molar-refractivity contribution in [1.82, 2.24) is 9.78 Å². The predicted molar refractivity (Wildman–Crippen MR) is 112 cm³/mol. The van der Waals surface area contributed by atoms with Gasteiger partial charge in [-0.3, -0.25) is 14.3 Å². The molecule has 1 aliphatic heterocycles. The maximum atomic E-state index is 13.2. The van der Waals surface area contributed by atoms with Gasteiger partial charge in [0.25, 0.3) is 11.8 Å². The molecule has 2 aromatic rings. The lowest BCUT2D eigenvalue weighted by Gasteiger charge is -2.32. The number of aryl methyl sites for hydroxylation is 2. The Kier molecular flexibility index (Phi) is 6.84. The SMILES string of the molecule is Cc1nn(C)c(C)c1NC(=O)[C@H](C)[NH+]1CC[NH+](CC(=O)Nc2cccc(F)c2)CC1. The number of nitrogens with zero attached hydrogens (tertiary/aromatic N) is 2. The van der Waals surface area contributed by atoms with E-state index in [9.17, 15) is 14.0 Å². The molecule has 3 rings (SSSR count). The molecule has 1 aliphatic rings. The number of rotatable bonds is 6. The van der Waals surface area contributed by atoms with Gasteiger partial charge in [-0.2, -0.15) is 5.10 Å². The summed E-state index contributed by atoms with van der Waals surface area (Å²) in [4.78, 5) is 27.4. The van der Waals surface area contributed by atoms with Gasteiger partial charge in [-0.25, -0.2) is 4.39 Å². The molecule has 0 unspecified atom stereocenters. The third kappa shape index (κ3) is 5.22. The Morgan fingerprint density at radius 3 is 2.50 bits per heavy atom. The fourth-order valence-electron chi connectivity index (χ4n) is 3.90. The van der Waals surface area contributed by atoms with Crippen molar-refractivity contribution < 1.29 is 23.8 Å². The summed E-state index contributed by atoms with van der Waals surface area (Å²) in [5, 5.41) is 10.1. The minimum absolute atomic E-state index is 0.0171. The van der Waals surface area contributed by atoms with E-state index in [2.05, 4.69) is 15.7 Å². The van der Waals surface area contributed by atoms with Gasteiger partial charge in [-0.1, -0.05) is 6.07 Å². The number of carbonyl (C=O) groups excluding carboxylic acids is 2. The van der Waals surface area contributed by atoms with E-state index in [0.29, 0.717) is 12.2 Å². The molecule has 4 N–H and O–H groups in total. The van der Waals surface area contributed by atoms with Crippen molar-refractivity contribution in [1.29, 1.82) is 0 Å². The zero-order valence-corrected chi connectivity index (χ0v) is 18.0. The maximum absolute atomic E-state index is 13.2. The zero-order valence-electron chi connectivity index (χ0n) is 18.0.